The third kappa shape index (κ3) is 1.61. The van der Waals surface area contributed by atoms with E-state index in [0.29, 0.717) is 18.4 Å². The van der Waals surface area contributed by atoms with E-state index in [-0.39, 0.29) is 11.5 Å². The molecule has 3 nitrogen and oxygen atoms in total. The van der Waals surface area contributed by atoms with E-state index in [0.717, 1.165) is 20.3 Å². The van der Waals surface area contributed by atoms with Crippen molar-refractivity contribution in [3.05, 3.63) is 33.4 Å². The van der Waals surface area contributed by atoms with Crippen LogP contribution in [0.2, 0.25) is 0 Å². The van der Waals surface area contributed by atoms with Crippen molar-refractivity contribution in [3.63, 3.8) is 0 Å². The Morgan fingerprint density at radius 2 is 2.24 bits per heavy atom. The van der Waals surface area contributed by atoms with Gasteiger partial charge in [0.25, 0.3) is 0 Å². The number of rotatable bonds is 1. The molecule has 0 saturated heterocycles. The third-order valence-electron chi connectivity index (χ3n) is 2.83. The molecule has 0 atom stereocenters. The summed E-state index contributed by atoms with van der Waals surface area (Å²) in [4.78, 5) is 16.1. The molecule has 0 fully saturated rings. The summed E-state index contributed by atoms with van der Waals surface area (Å²) in [5, 5.41) is 11.7. The summed E-state index contributed by atoms with van der Waals surface area (Å²) in [6.45, 7) is 0. The Morgan fingerprint density at radius 1 is 1.41 bits per heavy atom. The van der Waals surface area contributed by atoms with Crippen LogP contribution in [-0.4, -0.2) is 15.9 Å². The van der Waals surface area contributed by atoms with Gasteiger partial charge in [-0.1, -0.05) is 0 Å². The van der Waals surface area contributed by atoms with Crippen LogP contribution in [0.4, 0.5) is 0 Å². The van der Waals surface area contributed by atoms with Gasteiger partial charge in [0.05, 0.1) is 15.8 Å². The average Bonchev–Trinajstić information content (AvgIpc) is 2.84. The van der Waals surface area contributed by atoms with E-state index in [2.05, 4.69) is 20.9 Å². The molecule has 2 aromatic heterocycles. The maximum Gasteiger partial charge on any atom is 0.167 e. The van der Waals surface area contributed by atoms with E-state index < -0.39 is 0 Å². The molecule has 1 N–H and O–H groups in total. The van der Waals surface area contributed by atoms with Crippen molar-refractivity contribution in [3.8, 4) is 0 Å². The number of hydrogen-bond donors (Lipinski definition) is 1. The molecule has 0 aromatic carbocycles. The van der Waals surface area contributed by atoms with Gasteiger partial charge in [0, 0.05) is 34.5 Å². The predicted molar refractivity (Wildman–Crippen MR) is 71.1 cm³/mol. The minimum absolute atomic E-state index is 0.00368. The first kappa shape index (κ1) is 10.9. The van der Waals surface area contributed by atoms with Gasteiger partial charge in [-0.3, -0.25) is 9.78 Å². The van der Waals surface area contributed by atoms with Crippen molar-refractivity contribution in [1.29, 1.82) is 0 Å². The molecule has 0 amide bonds. The van der Waals surface area contributed by atoms with Gasteiger partial charge in [0.15, 0.2) is 5.78 Å². The Kier molecular flexibility index (Phi) is 2.52. The number of carbonyl (C=O) groups is 1. The molecule has 3 rings (SSSR count). The summed E-state index contributed by atoms with van der Waals surface area (Å²) >= 11 is 4.98. The number of halogens is 1. The minimum atomic E-state index is 0.00368. The fraction of sp³-hybridized carbons (Fsp3) is 0.167. The molecule has 1 aliphatic rings. The minimum Gasteiger partial charge on any atom is -0.512 e. The lowest BCUT2D eigenvalue weighted by Gasteiger charge is -2.00. The number of thiophene rings is 1. The van der Waals surface area contributed by atoms with E-state index >= 15 is 0 Å². The van der Waals surface area contributed by atoms with Crippen LogP contribution < -0.4 is 0 Å². The summed E-state index contributed by atoms with van der Waals surface area (Å²) in [6, 6.07) is 1.87. The van der Waals surface area contributed by atoms with Crippen molar-refractivity contribution >= 4 is 48.8 Å². The SMILES string of the molecule is O=C1CCC(O)=C1c1csc2c(Br)ccnc12. The lowest BCUT2D eigenvalue weighted by Crippen LogP contribution is -1.95. The molecule has 0 spiro atoms. The molecule has 0 bridgehead atoms. The first-order chi connectivity index (χ1) is 8.18. The number of aliphatic hydroxyl groups is 1. The van der Waals surface area contributed by atoms with Crippen LogP contribution in [0.1, 0.15) is 18.4 Å². The lowest BCUT2D eigenvalue weighted by molar-refractivity contribution is -0.113. The Morgan fingerprint density at radius 3 is 2.94 bits per heavy atom. The first-order valence-corrected chi connectivity index (χ1v) is 6.83. The summed E-state index contributed by atoms with van der Waals surface area (Å²) in [6.07, 6.45) is 2.53. The van der Waals surface area contributed by atoms with Crippen molar-refractivity contribution in [2.45, 2.75) is 12.8 Å². The highest BCUT2D eigenvalue weighted by Gasteiger charge is 2.26. The second-order valence-corrected chi connectivity index (χ2v) is 5.60. The maximum absolute atomic E-state index is 11.8. The van der Waals surface area contributed by atoms with Crippen LogP contribution in [0.25, 0.3) is 15.8 Å². The number of fused-ring (bicyclic) bond motifs is 1. The molecule has 0 unspecified atom stereocenters. The lowest BCUT2D eigenvalue weighted by atomic mass is 10.1. The van der Waals surface area contributed by atoms with Gasteiger partial charge in [-0.15, -0.1) is 11.3 Å². The van der Waals surface area contributed by atoms with Gasteiger partial charge in [-0.2, -0.15) is 0 Å². The largest absolute Gasteiger partial charge is 0.512 e. The Hall–Kier alpha value is -1.20. The van der Waals surface area contributed by atoms with E-state index in [1.54, 1.807) is 6.20 Å². The molecule has 5 heteroatoms. The number of nitrogens with zero attached hydrogens (tertiary/aromatic N) is 1. The van der Waals surface area contributed by atoms with Gasteiger partial charge in [0.2, 0.25) is 0 Å². The summed E-state index contributed by atoms with van der Waals surface area (Å²) in [7, 11) is 0. The van der Waals surface area contributed by atoms with Crippen molar-refractivity contribution < 1.29 is 9.90 Å². The highest BCUT2D eigenvalue weighted by molar-refractivity contribution is 9.10. The maximum atomic E-state index is 11.8. The molecule has 2 aromatic rings. The summed E-state index contributed by atoms with van der Waals surface area (Å²) < 4.78 is 1.96. The normalized spacial score (nSPS) is 16.2. The van der Waals surface area contributed by atoms with Gasteiger partial charge >= 0.3 is 0 Å². The van der Waals surface area contributed by atoms with Crippen molar-refractivity contribution in [1.82, 2.24) is 4.98 Å². The topological polar surface area (TPSA) is 50.2 Å². The van der Waals surface area contributed by atoms with Crippen LogP contribution in [0.3, 0.4) is 0 Å². The molecule has 1 aliphatic carbocycles. The number of aliphatic hydroxyl groups excluding tert-OH is 1. The Balaban J connectivity index is 2.29. The Labute approximate surface area is 110 Å². The highest BCUT2D eigenvalue weighted by Crippen LogP contribution is 2.38. The molecule has 0 aliphatic heterocycles. The molecule has 86 valence electrons. The zero-order valence-corrected chi connectivity index (χ0v) is 11.1. The molecule has 17 heavy (non-hydrogen) atoms. The second kappa shape index (κ2) is 3.92. The molecular weight excluding hydrogens is 302 g/mol. The Bertz CT molecular complexity index is 660. The molecule has 0 saturated carbocycles. The molecule has 0 radical (unpaired) electrons. The second-order valence-electron chi connectivity index (χ2n) is 3.86. The van der Waals surface area contributed by atoms with Crippen molar-refractivity contribution in [2.75, 3.05) is 0 Å². The number of hydrogen-bond acceptors (Lipinski definition) is 4. The van der Waals surface area contributed by atoms with Gasteiger partial charge in [-0.25, -0.2) is 0 Å². The van der Waals surface area contributed by atoms with Crippen LogP contribution in [-0.2, 0) is 4.79 Å². The van der Waals surface area contributed by atoms with E-state index in [4.69, 9.17) is 0 Å². The number of aromatic nitrogens is 1. The fourth-order valence-corrected chi connectivity index (χ4v) is 3.53. The molecule has 2 heterocycles. The monoisotopic (exact) mass is 309 g/mol. The number of allylic oxidation sites excluding steroid dienone is 2. The molecular formula is C12H8BrNO2S. The van der Waals surface area contributed by atoms with E-state index in [1.165, 1.54) is 11.3 Å². The van der Waals surface area contributed by atoms with Gasteiger partial charge in [-0.05, 0) is 22.0 Å². The van der Waals surface area contributed by atoms with Gasteiger partial charge < -0.3 is 5.11 Å². The van der Waals surface area contributed by atoms with E-state index in [9.17, 15) is 9.90 Å². The van der Waals surface area contributed by atoms with E-state index in [1.807, 2.05) is 11.4 Å². The zero-order chi connectivity index (χ0) is 12.0. The predicted octanol–water partition coefficient (Wildman–Crippen LogP) is 3.69. The third-order valence-corrected chi connectivity index (χ3v) is 4.76. The van der Waals surface area contributed by atoms with Crippen LogP contribution in [0.5, 0.6) is 0 Å². The summed E-state index contributed by atoms with van der Waals surface area (Å²) in [5.41, 5.74) is 1.98. The number of pyridine rings is 1. The van der Waals surface area contributed by atoms with Crippen LogP contribution in [0, 0.1) is 0 Å². The number of Topliss-reactive ketones (excluding diaryl/α,β-unsaturated/α-hetero) is 1. The van der Waals surface area contributed by atoms with Crippen LogP contribution in [0.15, 0.2) is 27.9 Å². The number of carbonyl (C=O) groups excluding carboxylic acids is 1. The van der Waals surface area contributed by atoms with Crippen LogP contribution >= 0.6 is 27.3 Å². The fourth-order valence-electron chi connectivity index (χ4n) is 2.03. The zero-order valence-electron chi connectivity index (χ0n) is 8.74. The first-order valence-electron chi connectivity index (χ1n) is 5.16. The van der Waals surface area contributed by atoms with Gasteiger partial charge in [0.1, 0.15) is 5.76 Å². The quantitative estimate of drug-likeness (QED) is 0.874. The van der Waals surface area contributed by atoms with Crippen molar-refractivity contribution in [2.24, 2.45) is 0 Å². The highest BCUT2D eigenvalue weighted by atomic mass is 79.9. The smallest absolute Gasteiger partial charge is 0.167 e. The standard InChI is InChI=1S/C12H8BrNO2S/c13-7-3-4-14-11-6(5-17-12(7)11)10-8(15)1-2-9(10)16/h3-5,15H,1-2H2. The summed E-state index contributed by atoms with van der Waals surface area (Å²) in [5.74, 6) is 0.195. The average molecular weight is 310 g/mol. The number of ketones is 1.